The molecule has 0 spiro atoms. The number of nitrogens with one attached hydrogen (secondary N) is 1. The van der Waals surface area contributed by atoms with Gasteiger partial charge in [0.2, 0.25) is 5.91 Å². The van der Waals surface area contributed by atoms with Crippen molar-refractivity contribution in [3.63, 3.8) is 0 Å². The summed E-state index contributed by atoms with van der Waals surface area (Å²) in [5.41, 5.74) is 1.04. The second-order valence-electron chi connectivity index (χ2n) is 6.54. The summed E-state index contributed by atoms with van der Waals surface area (Å²) in [6, 6.07) is 11.8. The van der Waals surface area contributed by atoms with Crippen molar-refractivity contribution in [1.82, 2.24) is 0 Å². The van der Waals surface area contributed by atoms with Crippen LogP contribution in [0.5, 0.6) is 0 Å². The predicted octanol–water partition coefficient (Wildman–Crippen LogP) is 4.50. The summed E-state index contributed by atoms with van der Waals surface area (Å²) in [4.78, 5) is 25.5. The smallest absolute Gasteiger partial charge is 0.341 e. The predicted molar refractivity (Wildman–Crippen MR) is 97.6 cm³/mol. The van der Waals surface area contributed by atoms with Crippen molar-refractivity contribution in [2.75, 3.05) is 11.9 Å². The minimum Gasteiger partial charge on any atom is -0.462 e. The molecule has 1 heterocycles. The normalized spacial score (nSPS) is 11.2. The first-order valence-corrected chi connectivity index (χ1v) is 8.78. The molecule has 0 unspecified atom stereocenters. The average molecular weight is 345 g/mol. The summed E-state index contributed by atoms with van der Waals surface area (Å²) in [7, 11) is 0. The first-order chi connectivity index (χ1) is 11.3. The Hall–Kier alpha value is -2.14. The number of hydrogen-bond donors (Lipinski definition) is 1. The fraction of sp³-hybridized carbons (Fsp3) is 0.368. The maximum Gasteiger partial charge on any atom is 0.341 e. The molecule has 0 aliphatic carbocycles. The number of amides is 1. The van der Waals surface area contributed by atoms with Crippen molar-refractivity contribution in [2.45, 2.75) is 34.1 Å². The van der Waals surface area contributed by atoms with Gasteiger partial charge in [0, 0.05) is 16.7 Å². The first-order valence-electron chi connectivity index (χ1n) is 7.96. The summed E-state index contributed by atoms with van der Waals surface area (Å²) in [6.07, 6.45) is 0.712. The molecule has 0 aliphatic heterocycles. The van der Waals surface area contributed by atoms with Crippen LogP contribution in [0.4, 0.5) is 5.00 Å². The lowest BCUT2D eigenvalue weighted by molar-refractivity contribution is -0.123. The summed E-state index contributed by atoms with van der Waals surface area (Å²) >= 11 is 1.42. The number of hydrogen-bond acceptors (Lipinski definition) is 4. The Morgan fingerprint density at radius 2 is 1.83 bits per heavy atom. The van der Waals surface area contributed by atoms with Gasteiger partial charge in [-0.2, -0.15) is 0 Å². The number of carbonyl (C=O) groups excluding carboxylic acids is 2. The average Bonchev–Trinajstić information content (AvgIpc) is 2.90. The lowest BCUT2D eigenvalue weighted by atomic mass is 9.96. The molecule has 1 N–H and O–H groups in total. The molecule has 24 heavy (non-hydrogen) atoms. The Labute approximate surface area is 146 Å². The fourth-order valence-corrected chi connectivity index (χ4v) is 3.14. The Balaban J connectivity index is 2.29. The molecule has 0 saturated carbocycles. The second kappa shape index (κ2) is 7.62. The number of anilines is 1. The zero-order valence-electron chi connectivity index (χ0n) is 14.5. The summed E-state index contributed by atoms with van der Waals surface area (Å²) in [5.74, 6) is -0.529. The maximum absolute atomic E-state index is 12.3. The number of benzene rings is 1. The second-order valence-corrected chi connectivity index (χ2v) is 7.68. The SMILES string of the molecule is CCOC(=O)c1cc(Cc2ccccc2)sc1NC(=O)C(C)(C)C. The van der Waals surface area contributed by atoms with Crippen LogP contribution >= 0.6 is 11.3 Å². The van der Waals surface area contributed by atoms with Crippen molar-refractivity contribution in [2.24, 2.45) is 5.41 Å². The fourth-order valence-electron chi connectivity index (χ4n) is 2.07. The van der Waals surface area contributed by atoms with E-state index in [0.717, 1.165) is 10.4 Å². The summed E-state index contributed by atoms with van der Waals surface area (Å²) in [6.45, 7) is 7.58. The van der Waals surface area contributed by atoms with Crippen molar-refractivity contribution in [3.05, 3.63) is 52.4 Å². The minimum absolute atomic E-state index is 0.124. The molecule has 128 valence electrons. The summed E-state index contributed by atoms with van der Waals surface area (Å²) in [5, 5.41) is 3.43. The van der Waals surface area contributed by atoms with Crippen LogP contribution in [0.25, 0.3) is 0 Å². The van der Waals surface area contributed by atoms with Gasteiger partial charge in [-0.25, -0.2) is 4.79 Å². The van der Waals surface area contributed by atoms with Gasteiger partial charge < -0.3 is 10.1 Å². The zero-order valence-corrected chi connectivity index (χ0v) is 15.3. The van der Waals surface area contributed by atoms with Crippen molar-refractivity contribution in [1.29, 1.82) is 0 Å². The Morgan fingerprint density at radius 1 is 1.17 bits per heavy atom. The van der Waals surface area contributed by atoms with Gasteiger partial charge in [-0.1, -0.05) is 51.1 Å². The van der Waals surface area contributed by atoms with Gasteiger partial charge >= 0.3 is 5.97 Å². The van der Waals surface area contributed by atoms with Crippen LogP contribution in [-0.4, -0.2) is 18.5 Å². The standard InChI is InChI=1S/C19H23NO3S/c1-5-23-17(21)15-12-14(11-13-9-7-6-8-10-13)24-16(15)20-18(22)19(2,3)4/h6-10,12H,5,11H2,1-4H3,(H,20,22). The topological polar surface area (TPSA) is 55.4 Å². The largest absolute Gasteiger partial charge is 0.462 e. The molecule has 2 rings (SSSR count). The summed E-state index contributed by atoms with van der Waals surface area (Å²) < 4.78 is 5.12. The van der Waals surface area contributed by atoms with E-state index in [2.05, 4.69) is 5.32 Å². The van der Waals surface area contributed by atoms with E-state index in [1.165, 1.54) is 11.3 Å². The molecular formula is C19H23NO3S. The van der Waals surface area contributed by atoms with E-state index in [-0.39, 0.29) is 5.91 Å². The maximum atomic E-state index is 12.3. The molecule has 0 atom stereocenters. The van der Waals surface area contributed by atoms with E-state index in [1.54, 1.807) is 6.92 Å². The van der Waals surface area contributed by atoms with Gasteiger partial charge in [0.05, 0.1) is 12.2 Å². The number of esters is 1. The minimum atomic E-state index is -0.532. The lowest BCUT2D eigenvalue weighted by Crippen LogP contribution is -2.27. The van der Waals surface area contributed by atoms with E-state index in [0.29, 0.717) is 23.6 Å². The van der Waals surface area contributed by atoms with E-state index >= 15 is 0 Å². The molecule has 2 aromatic rings. The van der Waals surface area contributed by atoms with Crippen molar-refractivity contribution < 1.29 is 14.3 Å². The molecule has 0 aliphatic rings. The van der Waals surface area contributed by atoms with Crippen LogP contribution in [0.3, 0.4) is 0 Å². The zero-order chi connectivity index (χ0) is 17.7. The van der Waals surface area contributed by atoms with Gasteiger partial charge in [0.15, 0.2) is 0 Å². The number of thiophene rings is 1. The van der Waals surface area contributed by atoms with Crippen LogP contribution in [-0.2, 0) is 16.0 Å². The van der Waals surface area contributed by atoms with Gasteiger partial charge in [0.25, 0.3) is 0 Å². The highest BCUT2D eigenvalue weighted by Crippen LogP contribution is 2.32. The highest BCUT2D eigenvalue weighted by atomic mass is 32.1. The van der Waals surface area contributed by atoms with Crippen LogP contribution in [0.1, 0.15) is 48.5 Å². The van der Waals surface area contributed by atoms with Crippen molar-refractivity contribution >= 4 is 28.2 Å². The molecule has 0 bridgehead atoms. The van der Waals surface area contributed by atoms with Crippen LogP contribution in [0.2, 0.25) is 0 Å². The molecule has 1 aromatic carbocycles. The van der Waals surface area contributed by atoms with E-state index in [4.69, 9.17) is 4.74 Å². The molecule has 0 saturated heterocycles. The Bertz CT molecular complexity index is 714. The van der Waals surface area contributed by atoms with Gasteiger partial charge in [-0.05, 0) is 18.6 Å². The van der Waals surface area contributed by atoms with Crippen LogP contribution in [0.15, 0.2) is 36.4 Å². The van der Waals surface area contributed by atoms with Gasteiger partial charge in [-0.15, -0.1) is 11.3 Å². The Morgan fingerprint density at radius 3 is 2.42 bits per heavy atom. The third kappa shape index (κ3) is 4.68. The molecule has 0 radical (unpaired) electrons. The molecular weight excluding hydrogens is 322 g/mol. The lowest BCUT2D eigenvalue weighted by Gasteiger charge is -2.17. The quantitative estimate of drug-likeness (QED) is 0.812. The Kier molecular flexibility index (Phi) is 5.78. The first kappa shape index (κ1) is 18.2. The molecule has 0 fully saturated rings. The highest BCUT2D eigenvalue weighted by Gasteiger charge is 2.25. The molecule has 4 nitrogen and oxygen atoms in total. The van der Waals surface area contributed by atoms with Crippen molar-refractivity contribution in [3.8, 4) is 0 Å². The number of ether oxygens (including phenoxy) is 1. The molecule has 1 amide bonds. The van der Waals surface area contributed by atoms with E-state index < -0.39 is 11.4 Å². The highest BCUT2D eigenvalue weighted by molar-refractivity contribution is 7.16. The monoisotopic (exact) mass is 345 g/mol. The number of rotatable bonds is 5. The van der Waals surface area contributed by atoms with Crippen LogP contribution < -0.4 is 5.32 Å². The van der Waals surface area contributed by atoms with E-state index in [9.17, 15) is 9.59 Å². The van der Waals surface area contributed by atoms with E-state index in [1.807, 2.05) is 57.2 Å². The molecule has 5 heteroatoms. The molecule has 1 aromatic heterocycles. The van der Waals surface area contributed by atoms with Gasteiger partial charge in [-0.3, -0.25) is 4.79 Å². The third-order valence-electron chi connectivity index (χ3n) is 3.41. The van der Waals surface area contributed by atoms with Gasteiger partial charge in [0.1, 0.15) is 5.00 Å². The number of carbonyl (C=O) groups is 2. The van der Waals surface area contributed by atoms with Crippen LogP contribution in [0, 0.1) is 5.41 Å². The third-order valence-corrected chi connectivity index (χ3v) is 4.46.